The van der Waals surface area contributed by atoms with Gasteiger partial charge in [-0.2, -0.15) is 0 Å². The van der Waals surface area contributed by atoms with E-state index in [4.69, 9.17) is 0 Å². The van der Waals surface area contributed by atoms with Gasteiger partial charge in [0.15, 0.2) is 0 Å². The molecule has 0 bridgehead atoms. The quantitative estimate of drug-likeness (QED) is 0.646. The van der Waals surface area contributed by atoms with Crippen LogP contribution < -0.4 is 9.62 Å². The first-order chi connectivity index (χ1) is 13.9. The standard InChI is InChI=1S/C21H20FN3O3S/c1-16-8-10-18(11-9-16)29(27,28)25(20-7-3-2-6-19(20)22)15-21(26)24-14-17-5-4-12-23-13-17/h2-13H,14-15H2,1H3,(H,24,26). The van der Waals surface area contributed by atoms with Crippen molar-refractivity contribution in [3.05, 3.63) is 90.0 Å². The molecule has 1 N–H and O–H groups in total. The van der Waals surface area contributed by atoms with Crippen molar-refractivity contribution in [2.45, 2.75) is 18.4 Å². The number of benzene rings is 2. The second kappa shape index (κ2) is 8.83. The number of anilines is 1. The fourth-order valence-electron chi connectivity index (χ4n) is 2.68. The highest BCUT2D eigenvalue weighted by Gasteiger charge is 2.29. The molecule has 0 radical (unpaired) electrons. The highest BCUT2D eigenvalue weighted by molar-refractivity contribution is 7.92. The van der Waals surface area contributed by atoms with Gasteiger partial charge in [0.25, 0.3) is 10.0 Å². The summed E-state index contributed by atoms with van der Waals surface area (Å²) in [6.07, 6.45) is 3.21. The molecule has 0 fully saturated rings. The Labute approximate surface area is 169 Å². The molecule has 2 aromatic carbocycles. The Hall–Kier alpha value is -3.26. The lowest BCUT2D eigenvalue weighted by atomic mass is 10.2. The van der Waals surface area contributed by atoms with E-state index in [9.17, 15) is 17.6 Å². The molecule has 0 saturated heterocycles. The van der Waals surface area contributed by atoms with Crippen LogP contribution in [0.3, 0.4) is 0 Å². The summed E-state index contributed by atoms with van der Waals surface area (Å²) in [5.74, 6) is -1.30. The van der Waals surface area contributed by atoms with Crippen LogP contribution in [0, 0.1) is 12.7 Å². The Morgan fingerprint density at radius 3 is 2.45 bits per heavy atom. The third kappa shape index (κ3) is 4.97. The predicted octanol–water partition coefficient (Wildman–Crippen LogP) is 3.04. The van der Waals surface area contributed by atoms with Crippen molar-refractivity contribution in [3.8, 4) is 0 Å². The van der Waals surface area contributed by atoms with Gasteiger partial charge in [-0.15, -0.1) is 0 Å². The van der Waals surface area contributed by atoms with E-state index in [1.807, 2.05) is 6.92 Å². The summed E-state index contributed by atoms with van der Waals surface area (Å²) >= 11 is 0. The number of aromatic nitrogens is 1. The number of pyridine rings is 1. The van der Waals surface area contributed by atoms with E-state index >= 15 is 0 Å². The van der Waals surface area contributed by atoms with Crippen LogP contribution in [-0.2, 0) is 21.4 Å². The topological polar surface area (TPSA) is 79.4 Å². The molecule has 1 aromatic heterocycles. The van der Waals surface area contributed by atoms with E-state index in [0.29, 0.717) is 0 Å². The molecule has 0 aliphatic rings. The van der Waals surface area contributed by atoms with Gasteiger partial charge in [0.05, 0.1) is 10.6 Å². The first-order valence-corrected chi connectivity index (χ1v) is 10.3. The summed E-state index contributed by atoms with van der Waals surface area (Å²) in [7, 11) is -4.15. The van der Waals surface area contributed by atoms with Crippen LogP contribution in [0.5, 0.6) is 0 Å². The van der Waals surface area contributed by atoms with Gasteiger partial charge in [0, 0.05) is 18.9 Å². The number of amides is 1. The molecular formula is C21H20FN3O3S. The van der Waals surface area contributed by atoms with Gasteiger partial charge in [0.1, 0.15) is 12.4 Å². The average molecular weight is 413 g/mol. The molecule has 1 heterocycles. The predicted molar refractivity (Wildman–Crippen MR) is 108 cm³/mol. The van der Waals surface area contributed by atoms with Crippen LogP contribution in [0.15, 0.2) is 78.0 Å². The van der Waals surface area contributed by atoms with E-state index in [0.717, 1.165) is 21.5 Å². The number of halogens is 1. The molecule has 3 aromatic rings. The van der Waals surface area contributed by atoms with Crippen molar-refractivity contribution in [1.29, 1.82) is 0 Å². The zero-order chi connectivity index (χ0) is 20.9. The number of aryl methyl sites for hydroxylation is 1. The van der Waals surface area contributed by atoms with Crippen LogP contribution in [-0.4, -0.2) is 25.9 Å². The summed E-state index contributed by atoms with van der Waals surface area (Å²) in [4.78, 5) is 16.4. The summed E-state index contributed by atoms with van der Waals surface area (Å²) < 4.78 is 41.5. The number of nitrogens with one attached hydrogen (secondary N) is 1. The second-order valence-corrected chi connectivity index (χ2v) is 8.28. The van der Waals surface area contributed by atoms with Gasteiger partial charge >= 0.3 is 0 Å². The molecule has 29 heavy (non-hydrogen) atoms. The van der Waals surface area contributed by atoms with Gasteiger partial charge < -0.3 is 5.32 Å². The van der Waals surface area contributed by atoms with Crippen molar-refractivity contribution in [2.24, 2.45) is 0 Å². The number of rotatable bonds is 7. The summed E-state index contributed by atoms with van der Waals surface area (Å²) in [5, 5.41) is 2.64. The van der Waals surface area contributed by atoms with E-state index < -0.39 is 28.3 Å². The molecule has 0 aliphatic carbocycles. The Kier molecular flexibility index (Phi) is 6.23. The number of para-hydroxylation sites is 1. The first-order valence-electron chi connectivity index (χ1n) is 8.87. The third-order valence-corrected chi connectivity index (χ3v) is 6.00. The molecule has 150 valence electrons. The number of hydrogen-bond donors (Lipinski definition) is 1. The van der Waals surface area contributed by atoms with E-state index in [2.05, 4.69) is 10.3 Å². The fraction of sp³-hybridized carbons (Fsp3) is 0.143. The fourth-order valence-corrected chi connectivity index (χ4v) is 4.11. The van der Waals surface area contributed by atoms with Gasteiger partial charge in [-0.3, -0.25) is 14.1 Å². The van der Waals surface area contributed by atoms with Crippen molar-refractivity contribution in [1.82, 2.24) is 10.3 Å². The highest BCUT2D eigenvalue weighted by Crippen LogP contribution is 2.26. The maximum absolute atomic E-state index is 14.4. The molecule has 1 amide bonds. The lowest BCUT2D eigenvalue weighted by Gasteiger charge is -2.24. The van der Waals surface area contributed by atoms with Crippen LogP contribution in [0.1, 0.15) is 11.1 Å². The summed E-state index contributed by atoms with van der Waals surface area (Å²) in [6.45, 7) is 1.46. The van der Waals surface area contributed by atoms with Gasteiger partial charge in [-0.05, 0) is 42.8 Å². The van der Waals surface area contributed by atoms with Crippen molar-refractivity contribution < 1.29 is 17.6 Å². The highest BCUT2D eigenvalue weighted by atomic mass is 32.2. The van der Waals surface area contributed by atoms with E-state index in [1.54, 1.807) is 36.7 Å². The number of sulfonamides is 1. The minimum Gasteiger partial charge on any atom is -0.350 e. The lowest BCUT2D eigenvalue weighted by Crippen LogP contribution is -2.41. The van der Waals surface area contributed by atoms with E-state index in [-0.39, 0.29) is 17.1 Å². The Morgan fingerprint density at radius 2 is 1.79 bits per heavy atom. The second-order valence-electron chi connectivity index (χ2n) is 6.41. The lowest BCUT2D eigenvalue weighted by molar-refractivity contribution is -0.119. The molecule has 0 spiro atoms. The van der Waals surface area contributed by atoms with Crippen LogP contribution in [0.4, 0.5) is 10.1 Å². The minimum absolute atomic E-state index is 0.0218. The number of hydrogen-bond acceptors (Lipinski definition) is 4. The van der Waals surface area contributed by atoms with Gasteiger partial charge in [-0.1, -0.05) is 35.9 Å². The largest absolute Gasteiger partial charge is 0.350 e. The van der Waals surface area contributed by atoms with Crippen LogP contribution >= 0.6 is 0 Å². The molecule has 3 rings (SSSR count). The SMILES string of the molecule is Cc1ccc(S(=O)(=O)N(CC(=O)NCc2cccnc2)c2ccccc2F)cc1. The number of carbonyl (C=O) groups is 1. The monoisotopic (exact) mass is 413 g/mol. The number of carbonyl (C=O) groups excluding carboxylic acids is 1. The van der Waals surface area contributed by atoms with Crippen molar-refractivity contribution >= 4 is 21.6 Å². The van der Waals surface area contributed by atoms with Gasteiger partial charge in [-0.25, -0.2) is 12.8 Å². The minimum atomic E-state index is -4.15. The smallest absolute Gasteiger partial charge is 0.264 e. The zero-order valence-corrected chi connectivity index (χ0v) is 16.6. The first kappa shape index (κ1) is 20.5. The molecular weight excluding hydrogens is 393 g/mol. The Bertz CT molecular complexity index is 1090. The molecule has 0 unspecified atom stereocenters. The zero-order valence-electron chi connectivity index (χ0n) is 15.7. The van der Waals surface area contributed by atoms with Crippen molar-refractivity contribution in [2.75, 3.05) is 10.8 Å². The van der Waals surface area contributed by atoms with Crippen molar-refractivity contribution in [3.63, 3.8) is 0 Å². The maximum Gasteiger partial charge on any atom is 0.264 e. The van der Waals surface area contributed by atoms with E-state index in [1.165, 1.54) is 30.3 Å². The van der Waals surface area contributed by atoms with Crippen LogP contribution in [0.2, 0.25) is 0 Å². The third-order valence-electron chi connectivity index (χ3n) is 4.23. The molecule has 0 atom stereocenters. The summed E-state index contributed by atoms with van der Waals surface area (Å²) in [5.41, 5.74) is 1.46. The average Bonchev–Trinajstić information content (AvgIpc) is 2.72. The normalized spacial score (nSPS) is 11.1. The maximum atomic E-state index is 14.4. The molecule has 0 saturated carbocycles. The Morgan fingerprint density at radius 1 is 1.07 bits per heavy atom. The van der Waals surface area contributed by atoms with Gasteiger partial charge in [0.2, 0.25) is 5.91 Å². The number of nitrogens with zero attached hydrogens (tertiary/aromatic N) is 2. The molecule has 0 aliphatic heterocycles. The summed E-state index contributed by atoms with van der Waals surface area (Å²) in [6, 6.07) is 15.1. The Balaban J connectivity index is 1.88. The molecule has 6 nitrogen and oxygen atoms in total. The van der Waals surface area contributed by atoms with Crippen LogP contribution in [0.25, 0.3) is 0 Å². The molecule has 8 heteroatoms.